The minimum atomic E-state index is 0. The predicted octanol–water partition coefficient (Wildman–Crippen LogP) is 3.61. The minimum absolute atomic E-state index is 0. The van der Waals surface area contributed by atoms with Gasteiger partial charge in [0.15, 0.2) is 0 Å². The van der Waals surface area contributed by atoms with Crippen molar-refractivity contribution in [3.8, 4) is 0 Å². The summed E-state index contributed by atoms with van der Waals surface area (Å²) in [6.45, 7) is 4.27. The normalized spacial score (nSPS) is 42.7. The smallest absolute Gasteiger partial charge is 0.226 e. The van der Waals surface area contributed by atoms with Crippen molar-refractivity contribution >= 4 is 18.3 Å². The number of nitrogens with zero attached hydrogens (tertiary/aromatic N) is 1. The second-order valence-corrected chi connectivity index (χ2v) is 8.57. The highest BCUT2D eigenvalue weighted by Crippen LogP contribution is 2.50. The van der Waals surface area contributed by atoms with Crippen LogP contribution in [0.5, 0.6) is 0 Å². The molecular weight excluding hydrogens is 308 g/mol. The average Bonchev–Trinajstić information content (AvgIpc) is 3.23. The van der Waals surface area contributed by atoms with E-state index in [0.29, 0.717) is 18.0 Å². The lowest BCUT2D eigenvalue weighted by molar-refractivity contribution is -0.137. The number of fused-ring (bicyclic) bond motifs is 2. The van der Waals surface area contributed by atoms with Gasteiger partial charge in [0, 0.05) is 24.5 Å². The molecule has 4 rings (SSSR count). The molecule has 2 aliphatic heterocycles. The van der Waals surface area contributed by atoms with Crippen LogP contribution in [0.1, 0.15) is 64.7 Å². The monoisotopic (exact) mass is 340 g/mol. The Morgan fingerprint density at radius 1 is 1.13 bits per heavy atom. The predicted molar refractivity (Wildman–Crippen MR) is 95.7 cm³/mol. The SMILES string of the molecule is C[C@H]1C[C@@H](C(=O)N2CCCC2CC2CC3CCC2C3)CCN1.Cl. The van der Waals surface area contributed by atoms with Crippen LogP contribution in [0.4, 0.5) is 0 Å². The maximum absolute atomic E-state index is 13.0. The quantitative estimate of drug-likeness (QED) is 0.851. The van der Waals surface area contributed by atoms with Crippen molar-refractivity contribution in [2.45, 2.75) is 76.8 Å². The van der Waals surface area contributed by atoms with Crippen LogP contribution in [0.2, 0.25) is 0 Å². The highest BCUT2D eigenvalue weighted by atomic mass is 35.5. The van der Waals surface area contributed by atoms with E-state index >= 15 is 0 Å². The minimum Gasteiger partial charge on any atom is -0.339 e. The van der Waals surface area contributed by atoms with Crippen LogP contribution in [-0.2, 0) is 4.79 Å². The Morgan fingerprint density at radius 2 is 2.00 bits per heavy atom. The molecule has 0 aromatic rings. The Morgan fingerprint density at radius 3 is 2.70 bits per heavy atom. The van der Waals surface area contributed by atoms with Gasteiger partial charge in [0.1, 0.15) is 0 Å². The summed E-state index contributed by atoms with van der Waals surface area (Å²) in [7, 11) is 0. The highest BCUT2D eigenvalue weighted by Gasteiger charge is 2.42. The standard InChI is InChI=1S/C19H32N2O.ClH/c1-13-9-16(6-7-20-13)19(22)21-8-2-3-18(21)12-17-11-14-4-5-15(17)10-14;/h13-18,20H,2-12H2,1H3;1H/t13-,14?,15?,16-,17?,18?;/m0./s1. The molecule has 4 unspecified atom stereocenters. The van der Waals surface area contributed by atoms with Gasteiger partial charge in [0.05, 0.1) is 0 Å². The zero-order valence-corrected chi connectivity index (χ0v) is 15.3. The number of carbonyl (C=O) groups excluding carboxylic acids is 1. The molecule has 4 fully saturated rings. The molecule has 2 saturated heterocycles. The van der Waals surface area contributed by atoms with E-state index in [1.54, 1.807) is 0 Å². The number of rotatable bonds is 3. The van der Waals surface area contributed by atoms with Gasteiger partial charge in [-0.15, -0.1) is 12.4 Å². The molecule has 2 bridgehead atoms. The van der Waals surface area contributed by atoms with Gasteiger partial charge in [-0.1, -0.05) is 6.42 Å². The van der Waals surface area contributed by atoms with Gasteiger partial charge in [-0.25, -0.2) is 0 Å². The van der Waals surface area contributed by atoms with Gasteiger partial charge >= 0.3 is 0 Å². The van der Waals surface area contributed by atoms with Crippen molar-refractivity contribution in [2.24, 2.45) is 23.7 Å². The lowest BCUT2D eigenvalue weighted by atomic mass is 9.83. The van der Waals surface area contributed by atoms with E-state index in [0.717, 1.165) is 43.7 Å². The molecule has 0 aromatic carbocycles. The van der Waals surface area contributed by atoms with Gasteiger partial charge < -0.3 is 10.2 Å². The molecule has 2 aliphatic carbocycles. The molecule has 0 spiro atoms. The average molecular weight is 341 g/mol. The first-order valence-corrected chi connectivity index (χ1v) is 9.74. The largest absolute Gasteiger partial charge is 0.339 e. The molecule has 132 valence electrons. The number of hydrogen-bond acceptors (Lipinski definition) is 2. The molecule has 23 heavy (non-hydrogen) atoms. The fourth-order valence-electron chi connectivity index (χ4n) is 5.98. The summed E-state index contributed by atoms with van der Waals surface area (Å²) >= 11 is 0. The zero-order valence-electron chi connectivity index (χ0n) is 14.5. The lowest BCUT2D eigenvalue weighted by Crippen LogP contribution is -2.46. The third kappa shape index (κ3) is 3.56. The Hall–Kier alpha value is -0.280. The van der Waals surface area contributed by atoms with Gasteiger partial charge in [-0.05, 0) is 82.6 Å². The van der Waals surface area contributed by atoms with E-state index < -0.39 is 0 Å². The van der Waals surface area contributed by atoms with Crippen molar-refractivity contribution in [2.75, 3.05) is 13.1 Å². The summed E-state index contributed by atoms with van der Waals surface area (Å²) in [5.41, 5.74) is 0. The molecule has 1 amide bonds. The van der Waals surface area contributed by atoms with Gasteiger partial charge in [0.2, 0.25) is 5.91 Å². The first-order chi connectivity index (χ1) is 10.7. The number of nitrogens with one attached hydrogen (secondary N) is 1. The number of likely N-dealkylation sites (tertiary alicyclic amines) is 1. The van der Waals surface area contributed by atoms with E-state index in [-0.39, 0.29) is 18.3 Å². The number of hydrogen-bond donors (Lipinski definition) is 1. The van der Waals surface area contributed by atoms with Crippen molar-refractivity contribution in [1.82, 2.24) is 10.2 Å². The molecular formula is C19H33ClN2O. The van der Waals surface area contributed by atoms with E-state index in [9.17, 15) is 4.79 Å². The second-order valence-electron chi connectivity index (χ2n) is 8.57. The molecule has 0 aromatic heterocycles. The lowest BCUT2D eigenvalue weighted by Gasteiger charge is -2.35. The van der Waals surface area contributed by atoms with Gasteiger partial charge in [-0.2, -0.15) is 0 Å². The summed E-state index contributed by atoms with van der Waals surface area (Å²) in [5.74, 6) is 3.74. The Kier molecular flexibility index (Phi) is 5.57. The van der Waals surface area contributed by atoms with Crippen LogP contribution >= 0.6 is 12.4 Å². The van der Waals surface area contributed by atoms with Crippen molar-refractivity contribution < 1.29 is 4.79 Å². The molecule has 3 nitrogen and oxygen atoms in total. The maximum Gasteiger partial charge on any atom is 0.226 e. The van der Waals surface area contributed by atoms with Crippen molar-refractivity contribution in [1.29, 1.82) is 0 Å². The number of halogens is 1. The number of piperidine rings is 1. The van der Waals surface area contributed by atoms with Crippen LogP contribution in [0.25, 0.3) is 0 Å². The summed E-state index contributed by atoms with van der Waals surface area (Å²) in [6, 6.07) is 1.08. The first kappa shape index (κ1) is 17.5. The van der Waals surface area contributed by atoms with E-state index in [1.165, 1.54) is 44.9 Å². The third-order valence-electron chi connectivity index (χ3n) is 7.09. The summed E-state index contributed by atoms with van der Waals surface area (Å²) in [4.78, 5) is 15.3. The molecule has 4 heteroatoms. The molecule has 2 heterocycles. The van der Waals surface area contributed by atoms with Crippen LogP contribution in [0.15, 0.2) is 0 Å². The van der Waals surface area contributed by atoms with Gasteiger partial charge in [-0.3, -0.25) is 4.79 Å². The maximum atomic E-state index is 13.0. The summed E-state index contributed by atoms with van der Waals surface area (Å²) < 4.78 is 0. The Balaban J connectivity index is 0.00000156. The zero-order chi connectivity index (χ0) is 15.1. The van der Waals surface area contributed by atoms with Crippen molar-refractivity contribution in [3.63, 3.8) is 0 Å². The molecule has 1 N–H and O–H groups in total. The highest BCUT2D eigenvalue weighted by molar-refractivity contribution is 5.85. The third-order valence-corrected chi connectivity index (χ3v) is 7.09. The fourth-order valence-corrected chi connectivity index (χ4v) is 5.98. The van der Waals surface area contributed by atoms with E-state index in [2.05, 4.69) is 17.1 Å². The van der Waals surface area contributed by atoms with Crippen LogP contribution < -0.4 is 5.32 Å². The number of amides is 1. The second kappa shape index (κ2) is 7.31. The number of carbonyl (C=O) groups is 1. The molecule has 0 radical (unpaired) electrons. The first-order valence-electron chi connectivity index (χ1n) is 9.74. The Bertz CT molecular complexity index is 430. The van der Waals surface area contributed by atoms with Gasteiger partial charge in [0.25, 0.3) is 0 Å². The molecule has 4 aliphatic rings. The summed E-state index contributed by atoms with van der Waals surface area (Å²) in [5, 5.41) is 3.47. The van der Waals surface area contributed by atoms with E-state index in [4.69, 9.17) is 0 Å². The Labute approximate surface area is 147 Å². The van der Waals surface area contributed by atoms with Crippen LogP contribution in [-0.4, -0.2) is 36.0 Å². The van der Waals surface area contributed by atoms with Crippen molar-refractivity contribution in [3.05, 3.63) is 0 Å². The summed E-state index contributed by atoms with van der Waals surface area (Å²) in [6.07, 6.45) is 11.8. The van der Waals surface area contributed by atoms with E-state index in [1.807, 2.05) is 0 Å². The molecule has 6 atom stereocenters. The molecule has 2 saturated carbocycles. The van der Waals surface area contributed by atoms with Crippen LogP contribution in [0, 0.1) is 23.7 Å². The topological polar surface area (TPSA) is 32.3 Å². The fraction of sp³-hybridized carbons (Fsp3) is 0.947. The van der Waals surface area contributed by atoms with Crippen LogP contribution in [0.3, 0.4) is 0 Å².